The number of carbonyl (C=O) groups excluding carboxylic acids is 1. The Morgan fingerprint density at radius 2 is 1.80 bits per heavy atom. The number of hydrogen-bond donors (Lipinski definition) is 1. The van der Waals surface area contributed by atoms with Gasteiger partial charge in [0.2, 0.25) is 5.91 Å². The SMILES string of the molecule is CCN(CC)C(CNC(=O)CCc1ncc(-c2ccc(F)cc2)o1)c1ccccc1. The van der Waals surface area contributed by atoms with Gasteiger partial charge in [0, 0.05) is 24.9 Å². The smallest absolute Gasteiger partial charge is 0.220 e. The van der Waals surface area contributed by atoms with Gasteiger partial charge in [-0.3, -0.25) is 9.69 Å². The molecule has 0 spiro atoms. The lowest BCUT2D eigenvalue weighted by Crippen LogP contribution is -2.38. The highest BCUT2D eigenvalue weighted by atomic mass is 19.1. The molecule has 0 saturated carbocycles. The summed E-state index contributed by atoms with van der Waals surface area (Å²) < 4.78 is 18.8. The zero-order chi connectivity index (χ0) is 21.3. The van der Waals surface area contributed by atoms with Crippen molar-refractivity contribution in [3.8, 4) is 11.3 Å². The number of carbonyl (C=O) groups is 1. The molecule has 0 fully saturated rings. The first kappa shape index (κ1) is 21.7. The number of rotatable bonds is 10. The summed E-state index contributed by atoms with van der Waals surface area (Å²) in [6.07, 6.45) is 2.31. The van der Waals surface area contributed by atoms with Gasteiger partial charge in [0.05, 0.1) is 12.2 Å². The van der Waals surface area contributed by atoms with Crippen LogP contribution >= 0.6 is 0 Å². The van der Waals surface area contributed by atoms with E-state index < -0.39 is 0 Å². The molecule has 30 heavy (non-hydrogen) atoms. The van der Waals surface area contributed by atoms with Gasteiger partial charge >= 0.3 is 0 Å². The van der Waals surface area contributed by atoms with Crippen LogP contribution in [-0.4, -0.2) is 35.4 Å². The van der Waals surface area contributed by atoms with Crippen LogP contribution in [0, 0.1) is 5.82 Å². The van der Waals surface area contributed by atoms with Crippen LogP contribution < -0.4 is 5.32 Å². The summed E-state index contributed by atoms with van der Waals surface area (Å²) in [5, 5.41) is 3.05. The van der Waals surface area contributed by atoms with Gasteiger partial charge < -0.3 is 9.73 Å². The summed E-state index contributed by atoms with van der Waals surface area (Å²) in [6.45, 7) is 6.63. The maximum Gasteiger partial charge on any atom is 0.220 e. The summed E-state index contributed by atoms with van der Waals surface area (Å²) >= 11 is 0. The lowest BCUT2D eigenvalue weighted by Gasteiger charge is -2.30. The van der Waals surface area contributed by atoms with Crippen LogP contribution in [0.4, 0.5) is 4.39 Å². The molecule has 158 valence electrons. The number of aromatic nitrogens is 1. The Hall–Kier alpha value is -2.99. The molecule has 0 aliphatic heterocycles. The third-order valence-electron chi connectivity index (χ3n) is 5.18. The molecule has 1 aromatic heterocycles. The second kappa shape index (κ2) is 10.7. The standard InChI is InChI=1S/C24H28FN3O2/c1-3-28(4-2)21(18-8-6-5-7-9-18)16-26-23(29)14-15-24-27-17-22(30-24)19-10-12-20(25)13-11-19/h5-13,17,21H,3-4,14-16H2,1-2H3,(H,26,29). The van der Waals surface area contributed by atoms with Crippen molar-refractivity contribution < 1.29 is 13.6 Å². The van der Waals surface area contributed by atoms with Crippen LogP contribution in [0.1, 0.15) is 37.8 Å². The van der Waals surface area contributed by atoms with Crippen molar-refractivity contribution in [3.05, 3.63) is 78.1 Å². The van der Waals surface area contributed by atoms with E-state index in [0.717, 1.165) is 18.7 Å². The number of benzene rings is 2. The predicted octanol–water partition coefficient (Wildman–Crippen LogP) is 4.61. The van der Waals surface area contributed by atoms with Crippen LogP contribution in [-0.2, 0) is 11.2 Å². The third kappa shape index (κ3) is 5.76. The van der Waals surface area contributed by atoms with E-state index in [1.54, 1.807) is 18.3 Å². The van der Waals surface area contributed by atoms with Gasteiger partial charge in [-0.25, -0.2) is 9.37 Å². The molecule has 0 bridgehead atoms. The molecule has 6 heteroatoms. The number of likely N-dealkylation sites (N-methyl/N-ethyl adjacent to an activating group) is 1. The van der Waals surface area contributed by atoms with Crippen molar-refractivity contribution in [2.45, 2.75) is 32.7 Å². The van der Waals surface area contributed by atoms with E-state index in [-0.39, 0.29) is 17.8 Å². The van der Waals surface area contributed by atoms with Crippen molar-refractivity contribution in [1.29, 1.82) is 0 Å². The molecule has 0 aliphatic rings. The molecule has 1 atom stereocenters. The molecular weight excluding hydrogens is 381 g/mol. The monoisotopic (exact) mass is 409 g/mol. The summed E-state index contributed by atoms with van der Waals surface area (Å²) in [6, 6.07) is 16.4. The van der Waals surface area contributed by atoms with Gasteiger partial charge in [-0.15, -0.1) is 0 Å². The van der Waals surface area contributed by atoms with Gasteiger partial charge in [-0.1, -0.05) is 44.2 Å². The molecule has 0 saturated heterocycles. The fourth-order valence-electron chi connectivity index (χ4n) is 3.49. The maximum atomic E-state index is 13.1. The fourth-order valence-corrected chi connectivity index (χ4v) is 3.49. The molecule has 1 N–H and O–H groups in total. The Labute approximate surface area is 176 Å². The average Bonchev–Trinajstić information content (AvgIpc) is 3.25. The second-order valence-corrected chi connectivity index (χ2v) is 7.08. The topological polar surface area (TPSA) is 58.4 Å². The van der Waals surface area contributed by atoms with E-state index in [2.05, 4.69) is 41.2 Å². The summed E-state index contributed by atoms with van der Waals surface area (Å²) in [4.78, 5) is 19.0. The number of amides is 1. The number of nitrogens with one attached hydrogen (secondary N) is 1. The van der Waals surface area contributed by atoms with Crippen molar-refractivity contribution in [1.82, 2.24) is 15.2 Å². The lowest BCUT2D eigenvalue weighted by molar-refractivity contribution is -0.121. The Bertz CT molecular complexity index is 921. The summed E-state index contributed by atoms with van der Waals surface area (Å²) in [5.41, 5.74) is 1.95. The quantitative estimate of drug-likeness (QED) is 0.531. The highest BCUT2D eigenvalue weighted by molar-refractivity contribution is 5.76. The van der Waals surface area contributed by atoms with Crippen LogP contribution in [0.2, 0.25) is 0 Å². The number of oxazole rings is 1. The largest absolute Gasteiger partial charge is 0.441 e. The van der Waals surface area contributed by atoms with E-state index in [0.29, 0.717) is 31.0 Å². The van der Waals surface area contributed by atoms with E-state index in [1.807, 2.05) is 18.2 Å². The molecule has 1 amide bonds. The Morgan fingerprint density at radius 1 is 1.10 bits per heavy atom. The van der Waals surface area contributed by atoms with Gasteiger partial charge in [-0.05, 0) is 42.9 Å². The molecule has 2 aromatic carbocycles. The Kier molecular flexibility index (Phi) is 7.74. The van der Waals surface area contributed by atoms with Gasteiger partial charge in [0.1, 0.15) is 5.82 Å². The third-order valence-corrected chi connectivity index (χ3v) is 5.18. The first-order valence-electron chi connectivity index (χ1n) is 10.4. The Morgan fingerprint density at radius 3 is 2.47 bits per heavy atom. The molecule has 1 heterocycles. The molecule has 3 rings (SSSR count). The van der Waals surface area contributed by atoms with E-state index in [1.165, 1.54) is 17.7 Å². The molecule has 0 aliphatic carbocycles. The van der Waals surface area contributed by atoms with E-state index in [9.17, 15) is 9.18 Å². The molecule has 1 unspecified atom stereocenters. The number of hydrogen-bond acceptors (Lipinski definition) is 4. The summed E-state index contributed by atoms with van der Waals surface area (Å²) in [5.74, 6) is 0.724. The van der Waals surface area contributed by atoms with Gasteiger partial charge in [0.15, 0.2) is 11.7 Å². The van der Waals surface area contributed by atoms with E-state index >= 15 is 0 Å². The summed E-state index contributed by atoms with van der Waals surface area (Å²) in [7, 11) is 0. The van der Waals surface area contributed by atoms with Crippen LogP contribution in [0.5, 0.6) is 0 Å². The first-order valence-corrected chi connectivity index (χ1v) is 10.4. The second-order valence-electron chi connectivity index (χ2n) is 7.08. The maximum absolute atomic E-state index is 13.1. The zero-order valence-corrected chi connectivity index (χ0v) is 17.5. The zero-order valence-electron chi connectivity index (χ0n) is 17.5. The van der Waals surface area contributed by atoms with Crippen LogP contribution in [0.15, 0.2) is 65.2 Å². The minimum absolute atomic E-state index is 0.0374. The lowest BCUT2D eigenvalue weighted by atomic mass is 10.0. The molecule has 5 nitrogen and oxygen atoms in total. The molecular formula is C24H28FN3O2. The number of aryl methyl sites for hydroxylation is 1. The first-order chi connectivity index (χ1) is 14.6. The molecule has 3 aromatic rings. The van der Waals surface area contributed by atoms with Crippen molar-refractivity contribution in [2.24, 2.45) is 0 Å². The minimum Gasteiger partial charge on any atom is -0.441 e. The van der Waals surface area contributed by atoms with Crippen molar-refractivity contribution in [2.75, 3.05) is 19.6 Å². The highest BCUT2D eigenvalue weighted by Crippen LogP contribution is 2.22. The van der Waals surface area contributed by atoms with Crippen molar-refractivity contribution in [3.63, 3.8) is 0 Å². The highest BCUT2D eigenvalue weighted by Gasteiger charge is 2.19. The van der Waals surface area contributed by atoms with Crippen LogP contribution in [0.25, 0.3) is 11.3 Å². The van der Waals surface area contributed by atoms with Gasteiger partial charge in [-0.2, -0.15) is 0 Å². The van der Waals surface area contributed by atoms with Crippen LogP contribution in [0.3, 0.4) is 0 Å². The minimum atomic E-state index is -0.298. The predicted molar refractivity (Wildman–Crippen MR) is 115 cm³/mol. The average molecular weight is 410 g/mol. The Balaban J connectivity index is 1.54. The normalized spacial score (nSPS) is 12.1. The van der Waals surface area contributed by atoms with Crippen molar-refractivity contribution >= 4 is 5.91 Å². The van der Waals surface area contributed by atoms with Gasteiger partial charge in [0.25, 0.3) is 0 Å². The molecule has 0 radical (unpaired) electrons. The van der Waals surface area contributed by atoms with E-state index in [4.69, 9.17) is 4.42 Å². The number of halogens is 1. The number of nitrogens with zero attached hydrogens (tertiary/aromatic N) is 2. The fraction of sp³-hybridized carbons (Fsp3) is 0.333.